The molecule has 2 nitrogen and oxygen atoms in total. The van der Waals surface area contributed by atoms with Gasteiger partial charge in [0.25, 0.3) is 0 Å². The van der Waals surface area contributed by atoms with Gasteiger partial charge in [-0.15, -0.1) is 0 Å². The Morgan fingerprint density at radius 3 is 1.90 bits per heavy atom. The molecule has 0 heterocycles. The van der Waals surface area contributed by atoms with Gasteiger partial charge in [0.15, 0.2) is 0 Å². The minimum atomic E-state index is -0.373. The van der Waals surface area contributed by atoms with E-state index >= 15 is 0 Å². The first-order chi connectivity index (χ1) is 9.77. The molecule has 20 heavy (non-hydrogen) atoms. The average molecular weight is 286 g/mol. The summed E-state index contributed by atoms with van der Waals surface area (Å²) < 4.78 is 5.04. The second-order valence-corrected chi connectivity index (χ2v) is 6.85. The molecule has 0 bridgehead atoms. The fourth-order valence-corrected chi connectivity index (χ4v) is 4.39. The number of rotatable bonds is 6. The van der Waals surface area contributed by atoms with Crippen LogP contribution in [0.4, 0.5) is 0 Å². The predicted octanol–water partition coefficient (Wildman–Crippen LogP) is 3.07. The van der Waals surface area contributed by atoms with E-state index in [1.165, 1.54) is 17.5 Å². The summed E-state index contributed by atoms with van der Waals surface area (Å²) in [5.41, 5.74) is 0. The lowest BCUT2D eigenvalue weighted by atomic mass is 10.4. The summed E-state index contributed by atoms with van der Waals surface area (Å²) in [5, 5.41) is 2.74. The summed E-state index contributed by atoms with van der Waals surface area (Å²) in [5.74, 6) is -0.200. The van der Waals surface area contributed by atoms with Gasteiger partial charge in [-0.05, 0) is 31.1 Å². The molecule has 0 aliphatic carbocycles. The van der Waals surface area contributed by atoms with Crippen LogP contribution in [0.1, 0.15) is 13.3 Å². The molecular formula is C17H19O2P. The third kappa shape index (κ3) is 4.47. The standard InChI is InChI=1S/C17H19O2P/c1-15(18)19-13-8-14-20(16-9-4-2-5-10-16)17-11-6-3-7-12-17/h2-7,9-12H,8,13-14H2,1H3. The topological polar surface area (TPSA) is 26.3 Å². The molecule has 0 radical (unpaired) electrons. The van der Waals surface area contributed by atoms with Gasteiger partial charge in [-0.3, -0.25) is 4.79 Å². The second-order valence-electron chi connectivity index (χ2n) is 4.52. The Morgan fingerprint density at radius 2 is 1.45 bits per heavy atom. The van der Waals surface area contributed by atoms with Gasteiger partial charge in [0.1, 0.15) is 0 Å². The van der Waals surface area contributed by atoms with Crippen molar-refractivity contribution in [2.45, 2.75) is 13.3 Å². The molecule has 0 spiro atoms. The first kappa shape index (κ1) is 14.7. The van der Waals surface area contributed by atoms with Crippen molar-refractivity contribution in [3.63, 3.8) is 0 Å². The molecule has 0 saturated carbocycles. The Morgan fingerprint density at radius 1 is 0.950 bits per heavy atom. The van der Waals surface area contributed by atoms with E-state index in [0.29, 0.717) is 6.61 Å². The number of benzene rings is 2. The molecule has 0 saturated heterocycles. The molecular weight excluding hydrogens is 267 g/mol. The summed E-state index contributed by atoms with van der Waals surface area (Å²) >= 11 is 0. The highest BCUT2D eigenvalue weighted by atomic mass is 31.1. The SMILES string of the molecule is CC(=O)OCCCP(c1ccccc1)c1ccccc1. The summed E-state index contributed by atoms with van der Waals surface area (Å²) in [6.45, 7) is 1.96. The Kier molecular flexibility index (Phi) is 5.76. The summed E-state index contributed by atoms with van der Waals surface area (Å²) in [6.07, 6.45) is 1.94. The summed E-state index contributed by atoms with van der Waals surface area (Å²) in [7, 11) is -0.373. The normalized spacial score (nSPS) is 10.5. The van der Waals surface area contributed by atoms with Crippen LogP contribution in [-0.4, -0.2) is 18.7 Å². The molecule has 2 aromatic rings. The zero-order valence-corrected chi connectivity index (χ0v) is 12.6. The van der Waals surface area contributed by atoms with Gasteiger partial charge >= 0.3 is 5.97 Å². The fraction of sp³-hybridized carbons (Fsp3) is 0.235. The number of hydrogen-bond acceptors (Lipinski definition) is 2. The Balaban J connectivity index is 2.07. The Bertz CT molecular complexity index is 486. The number of esters is 1. The smallest absolute Gasteiger partial charge is 0.302 e. The molecule has 0 amide bonds. The molecule has 0 aromatic heterocycles. The zero-order valence-electron chi connectivity index (χ0n) is 11.7. The van der Waals surface area contributed by atoms with Crippen molar-refractivity contribution in [2.75, 3.05) is 12.8 Å². The van der Waals surface area contributed by atoms with Crippen LogP contribution in [0.5, 0.6) is 0 Å². The lowest BCUT2D eigenvalue weighted by molar-refractivity contribution is -0.140. The Labute approximate surface area is 121 Å². The molecule has 0 N–H and O–H groups in total. The van der Waals surface area contributed by atoms with Crippen LogP contribution < -0.4 is 10.6 Å². The molecule has 0 aliphatic heterocycles. The number of ether oxygens (including phenoxy) is 1. The molecule has 0 aliphatic rings. The van der Waals surface area contributed by atoms with Crippen molar-refractivity contribution in [2.24, 2.45) is 0 Å². The van der Waals surface area contributed by atoms with Crippen molar-refractivity contribution in [3.05, 3.63) is 60.7 Å². The summed E-state index contributed by atoms with van der Waals surface area (Å²) in [6, 6.07) is 21.2. The van der Waals surface area contributed by atoms with E-state index in [4.69, 9.17) is 4.74 Å². The van der Waals surface area contributed by atoms with Crippen molar-refractivity contribution in [1.82, 2.24) is 0 Å². The van der Waals surface area contributed by atoms with Crippen LogP contribution in [0.2, 0.25) is 0 Å². The minimum absolute atomic E-state index is 0.200. The van der Waals surface area contributed by atoms with Gasteiger partial charge in [0.2, 0.25) is 0 Å². The van der Waals surface area contributed by atoms with Crippen LogP contribution in [-0.2, 0) is 9.53 Å². The predicted molar refractivity (Wildman–Crippen MR) is 85.2 cm³/mol. The highest BCUT2D eigenvalue weighted by Crippen LogP contribution is 2.33. The van der Waals surface area contributed by atoms with Crippen LogP contribution in [0, 0.1) is 0 Å². The van der Waals surface area contributed by atoms with Crippen molar-refractivity contribution in [3.8, 4) is 0 Å². The average Bonchev–Trinajstić information content (AvgIpc) is 2.49. The first-order valence-corrected chi connectivity index (χ1v) is 8.31. The van der Waals surface area contributed by atoms with Crippen molar-refractivity contribution in [1.29, 1.82) is 0 Å². The molecule has 0 fully saturated rings. The first-order valence-electron chi connectivity index (χ1n) is 6.78. The molecule has 104 valence electrons. The Hall–Kier alpha value is -1.66. The van der Waals surface area contributed by atoms with Crippen LogP contribution in [0.25, 0.3) is 0 Å². The second kappa shape index (κ2) is 7.81. The quantitative estimate of drug-likeness (QED) is 0.463. The highest BCUT2D eigenvalue weighted by molar-refractivity contribution is 7.73. The molecule has 0 unspecified atom stereocenters. The van der Waals surface area contributed by atoms with Crippen molar-refractivity contribution < 1.29 is 9.53 Å². The third-order valence-electron chi connectivity index (χ3n) is 2.97. The lowest BCUT2D eigenvalue weighted by Crippen LogP contribution is -2.15. The molecule has 2 aromatic carbocycles. The van der Waals surface area contributed by atoms with E-state index in [-0.39, 0.29) is 13.9 Å². The molecule has 0 atom stereocenters. The number of hydrogen-bond donors (Lipinski definition) is 0. The summed E-state index contributed by atoms with van der Waals surface area (Å²) in [4.78, 5) is 10.8. The highest BCUT2D eigenvalue weighted by Gasteiger charge is 2.12. The molecule has 2 rings (SSSR count). The minimum Gasteiger partial charge on any atom is -0.466 e. The van der Waals surface area contributed by atoms with Crippen molar-refractivity contribution >= 4 is 24.5 Å². The van der Waals surface area contributed by atoms with Crippen LogP contribution >= 0.6 is 7.92 Å². The van der Waals surface area contributed by atoms with Crippen LogP contribution in [0.15, 0.2) is 60.7 Å². The third-order valence-corrected chi connectivity index (χ3v) is 5.57. The van der Waals surface area contributed by atoms with Gasteiger partial charge in [-0.1, -0.05) is 60.7 Å². The van der Waals surface area contributed by atoms with Gasteiger partial charge in [-0.25, -0.2) is 0 Å². The van der Waals surface area contributed by atoms with E-state index in [1.54, 1.807) is 0 Å². The zero-order chi connectivity index (χ0) is 14.2. The maximum absolute atomic E-state index is 10.8. The van der Waals surface area contributed by atoms with E-state index in [2.05, 4.69) is 48.5 Å². The van der Waals surface area contributed by atoms with E-state index in [0.717, 1.165) is 12.6 Å². The van der Waals surface area contributed by atoms with Gasteiger partial charge in [0, 0.05) is 6.92 Å². The van der Waals surface area contributed by atoms with E-state index in [1.807, 2.05) is 12.1 Å². The largest absolute Gasteiger partial charge is 0.466 e. The molecule has 3 heteroatoms. The van der Waals surface area contributed by atoms with E-state index in [9.17, 15) is 4.79 Å². The number of carbonyl (C=O) groups excluding carboxylic acids is 1. The van der Waals surface area contributed by atoms with E-state index < -0.39 is 0 Å². The van der Waals surface area contributed by atoms with Gasteiger partial charge in [-0.2, -0.15) is 0 Å². The lowest BCUT2D eigenvalue weighted by Gasteiger charge is -2.18. The van der Waals surface area contributed by atoms with Gasteiger partial charge < -0.3 is 4.74 Å². The maximum Gasteiger partial charge on any atom is 0.302 e. The maximum atomic E-state index is 10.8. The van der Waals surface area contributed by atoms with Gasteiger partial charge in [0.05, 0.1) is 6.61 Å². The van der Waals surface area contributed by atoms with Crippen LogP contribution in [0.3, 0.4) is 0 Å². The monoisotopic (exact) mass is 286 g/mol. The number of carbonyl (C=O) groups is 1. The fourth-order valence-electron chi connectivity index (χ4n) is 2.06.